The maximum absolute atomic E-state index is 12.7. The number of benzene rings is 1. The first-order chi connectivity index (χ1) is 11.2. The van der Waals surface area contributed by atoms with Crippen LogP contribution in [0.4, 0.5) is 0 Å². The predicted octanol–water partition coefficient (Wildman–Crippen LogP) is 5.11. The highest BCUT2D eigenvalue weighted by molar-refractivity contribution is 9.12. The number of rotatable bonds is 9. The Morgan fingerprint density at radius 3 is 2.74 bits per heavy atom. The van der Waals surface area contributed by atoms with Crippen molar-refractivity contribution in [3.8, 4) is 10.8 Å². The van der Waals surface area contributed by atoms with Crippen LogP contribution in [0.1, 0.15) is 31.7 Å². The maximum Gasteiger partial charge on any atom is 0.109 e. The molecular formula is C19H23BrO2S. The van der Waals surface area contributed by atoms with E-state index in [2.05, 4.69) is 39.7 Å². The van der Waals surface area contributed by atoms with Gasteiger partial charge in [0.25, 0.3) is 0 Å². The van der Waals surface area contributed by atoms with Crippen LogP contribution in [-0.4, -0.2) is 17.4 Å². The van der Waals surface area contributed by atoms with Crippen molar-refractivity contribution in [3.63, 3.8) is 0 Å². The summed E-state index contributed by atoms with van der Waals surface area (Å²) >= 11 is 3.02. The summed E-state index contributed by atoms with van der Waals surface area (Å²) in [6.07, 6.45) is 9.00. The van der Waals surface area contributed by atoms with E-state index in [-0.39, 0.29) is 0 Å². The number of halogens is 1. The molecule has 0 saturated carbocycles. The summed E-state index contributed by atoms with van der Waals surface area (Å²) in [6.45, 7) is 5.01. The van der Waals surface area contributed by atoms with E-state index < -0.39 is 10.8 Å². The van der Waals surface area contributed by atoms with Gasteiger partial charge in [0.2, 0.25) is 0 Å². The highest BCUT2D eigenvalue weighted by Crippen LogP contribution is 2.17. The minimum Gasteiger partial charge on any atom is -0.365 e. The fourth-order valence-corrected chi connectivity index (χ4v) is 3.08. The van der Waals surface area contributed by atoms with Crippen LogP contribution in [-0.2, 0) is 15.5 Å². The second-order valence-electron chi connectivity index (χ2n) is 5.02. The second kappa shape index (κ2) is 12.3. The van der Waals surface area contributed by atoms with Gasteiger partial charge in [-0.15, -0.1) is 0 Å². The minimum atomic E-state index is -1.16. The molecule has 0 aromatic heterocycles. The first-order valence-corrected chi connectivity index (χ1v) is 9.64. The normalized spacial score (nSPS) is 12.9. The summed E-state index contributed by atoms with van der Waals surface area (Å²) in [5, 5.41) is 0. The summed E-state index contributed by atoms with van der Waals surface area (Å²) in [5.41, 5.74) is 1.17. The molecule has 23 heavy (non-hydrogen) atoms. The lowest BCUT2D eigenvalue weighted by Crippen LogP contribution is -1.96. The molecule has 2 nitrogen and oxygen atoms in total. The van der Waals surface area contributed by atoms with E-state index in [0.29, 0.717) is 13.2 Å². The van der Waals surface area contributed by atoms with Gasteiger partial charge < -0.3 is 4.74 Å². The Hall–Kier alpha value is -1.15. The Kier molecular flexibility index (Phi) is 10.6. The molecule has 1 aromatic carbocycles. The van der Waals surface area contributed by atoms with Crippen molar-refractivity contribution in [2.75, 3.05) is 13.2 Å². The molecule has 0 heterocycles. The third-order valence-corrected chi connectivity index (χ3v) is 4.80. The van der Waals surface area contributed by atoms with E-state index in [1.807, 2.05) is 43.3 Å². The van der Waals surface area contributed by atoms with Crippen LogP contribution in [0.5, 0.6) is 0 Å². The zero-order valence-electron chi connectivity index (χ0n) is 13.7. The fraction of sp³-hybridized carbons (Fsp3) is 0.368. The number of hydrogen-bond acceptors (Lipinski definition) is 2. The molecule has 1 aromatic rings. The van der Waals surface area contributed by atoms with Gasteiger partial charge in [-0.1, -0.05) is 55.5 Å². The van der Waals surface area contributed by atoms with Crippen LogP contribution >= 0.6 is 15.9 Å². The van der Waals surface area contributed by atoms with Crippen molar-refractivity contribution in [3.05, 3.63) is 53.0 Å². The van der Waals surface area contributed by atoms with E-state index in [1.54, 1.807) is 0 Å². The summed E-state index contributed by atoms with van der Waals surface area (Å²) in [6, 6.07) is 7.83. The molecule has 0 aliphatic rings. The zero-order valence-corrected chi connectivity index (χ0v) is 16.1. The number of hydrogen-bond donors (Lipinski definition) is 0. The third kappa shape index (κ3) is 8.31. The van der Waals surface area contributed by atoms with Crippen LogP contribution < -0.4 is 0 Å². The lowest BCUT2D eigenvalue weighted by Gasteiger charge is -2.05. The highest BCUT2D eigenvalue weighted by Gasteiger charge is 2.07. The van der Waals surface area contributed by atoms with Crippen molar-refractivity contribution in [1.82, 2.24) is 0 Å². The molecule has 0 spiro atoms. The van der Waals surface area contributed by atoms with E-state index in [0.717, 1.165) is 29.1 Å². The Balaban J connectivity index is 2.76. The average molecular weight is 395 g/mol. The van der Waals surface area contributed by atoms with E-state index in [9.17, 15) is 4.21 Å². The molecule has 0 radical (unpaired) electrons. The van der Waals surface area contributed by atoms with E-state index in [1.165, 1.54) is 5.56 Å². The Morgan fingerprint density at radius 2 is 2.09 bits per heavy atom. The molecule has 4 heteroatoms. The van der Waals surface area contributed by atoms with Crippen molar-refractivity contribution < 1.29 is 8.95 Å². The van der Waals surface area contributed by atoms with Gasteiger partial charge in [-0.25, -0.2) is 4.21 Å². The molecule has 1 rings (SSSR count). The SMILES string of the molecule is CCCC/C=C(/C=C/COCC#CBr)[S@@](=O)c1ccc(C)cc1. The van der Waals surface area contributed by atoms with Gasteiger partial charge in [-0.3, -0.25) is 0 Å². The van der Waals surface area contributed by atoms with Gasteiger partial charge >= 0.3 is 0 Å². The maximum atomic E-state index is 12.7. The van der Waals surface area contributed by atoms with Crippen LogP contribution in [0, 0.1) is 17.7 Å². The molecular weight excluding hydrogens is 372 g/mol. The van der Waals surface area contributed by atoms with E-state index >= 15 is 0 Å². The molecule has 0 amide bonds. The van der Waals surface area contributed by atoms with Gasteiger partial charge in [0, 0.05) is 25.7 Å². The lowest BCUT2D eigenvalue weighted by molar-refractivity contribution is 0.199. The summed E-state index contributed by atoms with van der Waals surface area (Å²) in [4.78, 5) is 4.26. The first kappa shape index (κ1) is 19.9. The van der Waals surface area contributed by atoms with E-state index in [4.69, 9.17) is 4.74 Å². The predicted molar refractivity (Wildman–Crippen MR) is 102 cm³/mol. The Bertz CT molecular complexity index is 606. The molecule has 0 bridgehead atoms. The number of aryl methyl sites for hydroxylation is 1. The van der Waals surface area contributed by atoms with Crippen LogP contribution in [0.15, 0.2) is 52.3 Å². The first-order valence-electron chi connectivity index (χ1n) is 7.70. The van der Waals surface area contributed by atoms with Crippen molar-refractivity contribution in [2.24, 2.45) is 0 Å². The van der Waals surface area contributed by atoms with Crippen LogP contribution in [0.25, 0.3) is 0 Å². The van der Waals surface area contributed by atoms with Gasteiger partial charge in [0.1, 0.15) is 6.61 Å². The molecule has 0 unspecified atom stereocenters. The summed E-state index contributed by atoms with van der Waals surface area (Å²) in [7, 11) is -1.16. The molecule has 0 fully saturated rings. The lowest BCUT2D eigenvalue weighted by atomic mass is 10.2. The van der Waals surface area contributed by atoms with Gasteiger partial charge in [-0.05, 0) is 36.4 Å². The fourth-order valence-electron chi connectivity index (χ4n) is 1.82. The van der Waals surface area contributed by atoms with Gasteiger partial charge in [-0.2, -0.15) is 0 Å². The quantitative estimate of drug-likeness (QED) is 0.330. The second-order valence-corrected chi connectivity index (χ2v) is 6.90. The Labute approximate surface area is 150 Å². The monoisotopic (exact) mass is 394 g/mol. The average Bonchev–Trinajstić information content (AvgIpc) is 2.56. The summed E-state index contributed by atoms with van der Waals surface area (Å²) in [5.74, 6) is 2.77. The number of ether oxygens (including phenoxy) is 1. The number of allylic oxidation sites excluding steroid dienone is 2. The molecule has 0 aliphatic carbocycles. The summed E-state index contributed by atoms with van der Waals surface area (Å²) < 4.78 is 18.1. The molecule has 124 valence electrons. The third-order valence-electron chi connectivity index (χ3n) is 3.09. The topological polar surface area (TPSA) is 26.3 Å². The molecule has 0 saturated heterocycles. The smallest absolute Gasteiger partial charge is 0.109 e. The van der Waals surface area contributed by atoms with Crippen LogP contribution in [0.3, 0.4) is 0 Å². The Morgan fingerprint density at radius 1 is 1.35 bits per heavy atom. The largest absolute Gasteiger partial charge is 0.365 e. The van der Waals surface area contributed by atoms with Crippen molar-refractivity contribution in [2.45, 2.75) is 38.0 Å². The van der Waals surface area contributed by atoms with Gasteiger partial charge in [0.15, 0.2) is 0 Å². The molecule has 1 atom stereocenters. The van der Waals surface area contributed by atoms with Crippen molar-refractivity contribution in [1.29, 1.82) is 0 Å². The van der Waals surface area contributed by atoms with Crippen LogP contribution in [0.2, 0.25) is 0 Å². The zero-order chi connectivity index (χ0) is 16.9. The highest BCUT2D eigenvalue weighted by atomic mass is 79.9. The molecule has 0 N–H and O–H groups in total. The van der Waals surface area contributed by atoms with Crippen molar-refractivity contribution >= 4 is 26.7 Å². The standard InChI is InChI=1S/C19H23BrO2S/c1-3-4-5-8-18(9-6-15-22-16-7-14-20)23(21)19-12-10-17(2)11-13-19/h6,8-13H,3-5,15-16H2,1-2H3/b9-6+,18-8-/t23-/m1/s1. The minimum absolute atomic E-state index is 0.380. The number of unbranched alkanes of at least 4 members (excludes halogenated alkanes) is 2. The molecule has 0 aliphatic heterocycles. The van der Waals surface area contributed by atoms with Gasteiger partial charge in [0.05, 0.1) is 17.4 Å².